The third kappa shape index (κ3) is 3.54. The van der Waals surface area contributed by atoms with E-state index in [1.807, 2.05) is 6.07 Å². The number of aromatic amines is 1. The maximum Gasteiger partial charge on any atom is 0.229 e. The Labute approximate surface area is 153 Å². The molecule has 7 nitrogen and oxygen atoms in total. The first-order valence-corrected chi connectivity index (χ1v) is 8.21. The molecule has 0 unspecified atom stereocenters. The van der Waals surface area contributed by atoms with E-state index >= 15 is 0 Å². The molecule has 0 radical (unpaired) electrons. The van der Waals surface area contributed by atoms with E-state index in [0.29, 0.717) is 34.1 Å². The van der Waals surface area contributed by atoms with Crippen molar-refractivity contribution < 1.29 is 4.28 Å². The lowest BCUT2D eigenvalue weighted by molar-refractivity contribution is 0.966. The zero-order valence-corrected chi connectivity index (χ0v) is 13.9. The minimum absolute atomic E-state index is 0. The maximum absolute atomic E-state index is 8.84. The molecule has 130 valence electrons. The van der Waals surface area contributed by atoms with Crippen LogP contribution >= 0.6 is 11.6 Å². The molecule has 0 spiro atoms. The molecule has 4 rings (SSSR count). The van der Waals surface area contributed by atoms with E-state index in [9.17, 15) is 0 Å². The molecule has 1 aliphatic rings. The largest absolute Gasteiger partial charge is 0.324 e. The molecule has 25 heavy (non-hydrogen) atoms. The molecule has 1 fully saturated rings. The lowest BCUT2D eigenvalue weighted by Gasteiger charge is -2.08. The Morgan fingerprint density at radius 2 is 2.04 bits per heavy atom. The topological polar surface area (TPSA) is 102 Å². The molecule has 1 aromatic carbocycles. The highest BCUT2D eigenvalue weighted by Crippen LogP contribution is 2.39. The van der Waals surface area contributed by atoms with Gasteiger partial charge in [-0.1, -0.05) is 11.6 Å². The van der Waals surface area contributed by atoms with Crippen molar-refractivity contribution in [2.45, 2.75) is 18.8 Å². The van der Waals surface area contributed by atoms with Gasteiger partial charge in [0, 0.05) is 27.6 Å². The second-order valence-corrected chi connectivity index (χ2v) is 6.22. The van der Waals surface area contributed by atoms with Gasteiger partial charge in [0.25, 0.3) is 0 Å². The average Bonchev–Trinajstić information content (AvgIpc) is 3.38. The van der Waals surface area contributed by atoms with Crippen LogP contribution in [0.15, 0.2) is 36.5 Å². The summed E-state index contributed by atoms with van der Waals surface area (Å²) < 4.78 is 0. The van der Waals surface area contributed by atoms with Gasteiger partial charge in [-0.2, -0.15) is 15.3 Å². The van der Waals surface area contributed by atoms with Gasteiger partial charge in [0.1, 0.15) is 5.02 Å². The molecule has 3 aromatic rings. The fourth-order valence-corrected chi connectivity index (χ4v) is 2.54. The zero-order chi connectivity index (χ0) is 17.2. The van der Waals surface area contributed by atoms with Crippen LogP contribution in [-0.2, 0) is 0 Å². The van der Waals surface area contributed by atoms with Crippen molar-refractivity contribution in [3.63, 3.8) is 0 Å². The highest BCUT2D eigenvalue weighted by molar-refractivity contribution is 6.32. The summed E-state index contributed by atoms with van der Waals surface area (Å²) in [5, 5.41) is 22.7. The number of aromatic nitrogens is 4. The Morgan fingerprint density at radius 1 is 1.24 bits per heavy atom. The molecule has 1 saturated carbocycles. The summed E-state index contributed by atoms with van der Waals surface area (Å²) in [4.78, 5) is 8.57. The second kappa shape index (κ2) is 6.42. The Balaban J connectivity index is 0.00000131. The number of halogens is 1. The van der Waals surface area contributed by atoms with Crippen molar-refractivity contribution in [2.75, 3.05) is 10.6 Å². The molecule has 0 saturated heterocycles. The van der Waals surface area contributed by atoms with Crippen LogP contribution < -0.4 is 10.6 Å². The van der Waals surface area contributed by atoms with Crippen LogP contribution in [-0.4, -0.2) is 20.2 Å². The highest BCUT2D eigenvalue weighted by Gasteiger charge is 2.25. The first kappa shape index (κ1) is 15.4. The number of benzene rings is 1. The summed E-state index contributed by atoms with van der Waals surface area (Å²) in [7, 11) is 0. The van der Waals surface area contributed by atoms with Crippen molar-refractivity contribution >= 4 is 34.9 Å². The number of nitriles is 1. The van der Waals surface area contributed by atoms with E-state index in [1.165, 1.54) is 19.0 Å². The number of anilines is 4. The highest BCUT2D eigenvalue weighted by atomic mass is 35.5. The van der Waals surface area contributed by atoms with Crippen LogP contribution in [0.2, 0.25) is 5.02 Å². The molecule has 0 amide bonds. The van der Waals surface area contributed by atoms with Crippen molar-refractivity contribution in [2.24, 2.45) is 0 Å². The summed E-state index contributed by atoms with van der Waals surface area (Å²) in [5.41, 5.74) is 2.50. The van der Waals surface area contributed by atoms with Gasteiger partial charge >= 0.3 is 0 Å². The minimum atomic E-state index is 0. The molecular weight excluding hydrogens is 338 g/mol. The van der Waals surface area contributed by atoms with Gasteiger partial charge in [-0.25, -0.2) is 4.98 Å². The van der Waals surface area contributed by atoms with Crippen LogP contribution in [0.4, 0.5) is 23.3 Å². The van der Waals surface area contributed by atoms with Gasteiger partial charge in [0.2, 0.25) is 5.95 Å². The Kier molecular flexibility index (Phi) is 3.96. The quantitative estimate of drug-likeness (QED) is 0.604. The van der Waals surface area contributed by atoms with Crippen LogP contribution in [0.1, 0.15) is 34.3 Å². The number of hydrogen-bond acceptors (Lipinski definition) is 6. The standard InChI is InChI=1S/C17H14ClN7.3H2/c18-13-9-20-17(21-12-5-1-10(8-19)2-6-12)23-16(13)22-15-7-14(24-25-15)11-3-4-11;;;/h1-2,5-7,9,11H,3-4H2,(H3,20,21,22,23,24,25);3*1H. The molecule has 1 aliphatic carbocycles. The molecule has 0 aliphatic heterocycles. The van der Waals surface area contributed by atoms with Gasteiger partial charge in [-0.3, -0.25) is 5.10 Å². The van der Waals surface area contributed by atoms with Gasteiger partial charge < -0.3 is 10.6 Å². The number of H-pyrrole nitrogens is 1. The molecule has 3 N–H and O–H groups in total. The van der Waals surface area contributed by atoms with Crippen LogP contribution in [0.5, 0.6) is 0 Å². The van der Waals surface area contributed by atoms with E-state index in [0.717, 1.165) is 11.4 Å². The third-order valence-corrected chi connectivity index (χ3v) is 4.15. The van der Waals surface area contributed by atoms with Crippen LogP contribution in [0, 0.1) is 11.3 Å². The second-order valence-electron chi connectivity index (χ2n) is 5.81. The fourth-order valence-electron chi connectivity index (χ4n) is 2.40. The minimum Gasteiger partial charge on any atom is -0.324 e. The van der Waals surface area contributed by atoms with E-state index < -0.39 is 0 Å². The Bertz CT molecular complexity index is 952. The summed E-state index contributed by atoms with van der Waals surface area (Å²) >= 11 is 6.18. The number of hydrogen-bond donors (Lipinski definition) is 3. The monoisotopic (exact) mass is 357 g/mol. The van der Waals surface area contributed by atoms with Gasteiger partial charge in [0.05, 0.1) is 17.8 Å². The number of nitrogens with zero attached hydrogens (tertiary/aromatic N) is 4. The number of nitrogens with one attached hydrogen (secondary N) is 3. The summed E-state index contributed by atoms with van der Waals surface area (Å²) in [6.45, 7) is 0. The van der Waals surface area contributed by atoms with E-state index in [2.05, 4.69) is 36.9 Å². The SMILES string of the molecule is N#Cc1ccc(Nc2ncc(Cl)c(Nc3cc(C4CC4)[nH]n3)n2)cc1.[HH].[HH].[HH]. The predicted octanol–water partition coefficient (Wildman–Crippen LogP) is 4.83. The first-order chi connectivity index (χ1) is 12.2. The molecule has 2 aromatic heterocycles. The maximum atomic E-state index is 8.84. The van der Waals surface area contributed by atoms with Gasteiger partial charge in [-0.05, 0) is 37.1 Å². The zero-order valence-electron chi connectivity index (χ0n) is 13.1. The summed E-state index contributed by atoms with van der Waals surface area (Å²) in [5.74, 6) is 2.14. The molecule has 8 heteroatoms. The Hall–Kier alpha value is -3.11. The molecule has 0 atom stereocenters. The smallest absolute Gasteiger partial charge is 0.229 e. The lowest BCUT2D eigenvalue weighted by Crippen LogP contribution is -2.01. The van der Waals surface area contributed by atoms with Crippen molar-refractivity contribution in [1.29, 1.82) is 5.26 Å². The first-order valence-electron chi connectivity index (χ1n) is 7.83. The predicted molar refractivity (Wildman–Crippen MR) is 102 cm³/mol. The number of rotatable bonds is 5. The summed E-state index contributed by atoms with van der Waals surface area (Å²) in [6.07, 6.45) is 3.93. The van der Waals surface area contributed by atoms with E-state index in [1.54, 1.807) is 24.3 Å². The van der Waals surface area contributed by atoms with Crippen LogP contribution in [0.3, 0.4) is 0 Å². The lowest BCUT2D eigenvalue weighted by atomic mass is 10.2. The molecule has 2 heterocycles. The normalized spacial score (nSPS) is 13.3. The van der Waals surface area contributed by atoms with Gasteiger partial charge in [-0.15, -0.1) is 0 Å². The molecular formula is C17H20ClN7. The average molecular weight is 358 g/mol. The third-order valence-electron chi connectivity index (χ3n) is 3.88. The van der Waals surface area contributed by atoms with Crippen molar-refractivity contribution in [1.82, 2.24) is 20.2 Å². The molecule has 0 bridgehead atoms. The Morgan fingerprint density at radius 3 is 2.76 bits per heavy atom. The fraction of sp³-hybridized carbons (Fsp3) is 0.176. The summed E-state index contributed by atoms with van der Waals surface area (Å²) in [6, 6.07) is 11.1. The van der Waals surface area contributed by atoms with E-state index in [4.69, 9.17) is 16.9 Å². The van der Waals surface area contributed by atoms with Crippen molar-refractivity contribution in [3.05, 3.63) is 52.8 Å². The van der Waals surface area contributed by atoms with E-state index in [-0.39, 0.29) is 4.28 Å². The van der Waals surface area contributed by atoms with Crippen molar-refractivity contribution in [3.8, 4) is 6.07 Å². The van der Waals surface area contributed by atoms with Crippen LogP contribution in [0.25, 0.3) is 0 Å². The van der Waals surface area contributed by atoms with Gasteiger partial charge in [0.15, 0.2) is 11.6 Å².